The molecule has 2 N–H and O–H groups in total. The van der Waals surface area contributed by atoms with Crippen molar-refractivity contribution in [1.82, 2.24) is 10.3 Å². The molecule has 6 heteroatoms. The number of nitrogens with one attached hydrogen (secondary N) is 1. The first-order valence-corrected chi connectivity index (χ1v) is 9.22. The van der Waals surface area contributed by atoms with Crippen LogP contribution < -0.4 is 10.2 Å². The minimum Gasteiger partial charge on any atom is -0.508 e. The minimum absolute atomic E-state index is 0.0191. The van der Waals surface area contributed by atoms with Crippen molar-refractivity contribution >= 4 is 34.4 Å². The van der Waals surface area contributed by atoms with Crippen LogP contribution in [0.3, 0.4) is 0 Å². The van der Waals surface area contributed by atoms with Crippen LogP contribution >= 0.6 is 23.6 Å². The molecule has 3 heterocycles. The lowest BCUT2D eigenvalue weighted by Gasteiger charge is -2.26. The Morgan fingerprint density at radius 3 is 2.56 bits per heavy atom. The number of thiocarbonyl (C=S) groups is 1. The molecule has 2 atom stereocenters. The molecule has 0 unspecified atom stereocenters. The Balaban J connectivity index is 1.81. The van der Waals surface area contributed by atoms with Crippen LogP contribution in [0.15, 0.2) is 60.8 Å². The standard InChI is InChI=1S/C19H17N3OS2/c1-12-5-10-16(25-12)18-17(15-4-2-3-11-20-15)21-19(24)22(18)13-6-8-14(23)9-7-13/h2-11,17-18,23H,1H3,(H,21,24)/t17-,18+/m0/s1. The van der Waals surface area contributed by atoms with Crippen LogP contribution in [-0.4, -0.2) is 15.2 Å². The Hall–Kier alpha value is -2.44. The van der Waals surface area contributed by atoms with E-state index >= 15 is 0 Å². The fourth-order valence-corrected chi connectivity index (χ4v) is 4.50. The van der Waals surface area contributed by atoms with Crippen LogP contribution in [0.25, 0.3) is 0 Å². The topological polar surface area (TPSA) is 48.4 Å². The third-order valence-electron chi connectivity index (χ3n) is 4.28. The number of pyridine rings is 1. The molecule has 3 aromatic rings. The Morgan fingerprint density at radius 1 is 1.12 bits per heavy atom. The van der Waals surface area contributed by atoms with Gasteiger partial charge in [0.1, 0.15) is 5.75 Å². The number of thiophene rings is 1. The van der Waals surface area contributed by atoms with Crippen molar-refractivity contribution in [3.63, 3.8) is 0 Å². The van der Waals surface area contributed by atoms with E-state index in [9.17, 15) is 5.11 Å². The predicted molar refractivity (Wildman–Crippen MR) is 105 cm³/mol. The van der Waals surface area contributed by atoms with E-state index in [4.69, 9.17) is 12.2 Å². The number of rotatable bonds is 3. The molecule has 1 aliphatic heterocycles. The number of nitrogens with zero attached hydrogens (tertiary/aromatic N) is 2. The zero-order valence-corrected chi connectivity index (χ0v) is 15.2. The van der Waals surface area contributed by atoms with Gasteiger partial charge in [-0.3, -0.25) is 4.98 Å². The highest BCUT2D eigenvalue weighted by Gasteiger charge is 2.41. The van der Waals surface area contributed by atoms with E-state index in [0.29, 0.717) is 5.11 Å². The van der Waals surface area contributed by atoms with E-state index in [2.05, 4.69) is 34.3 Å². The second-order valence-corrected chi connectivity index (χ2v) is 7.67. The van der Waals surface area contributed by atoms with Crippen molar-refractivity contribution in [2.75, 3.05) is 4.90 Å². The van der Waals surface area contributed by atoms with Gasteiger partial charge in [-0.05, 0) is 67.7 Å². The molecular weight excluding hydrogens is 350 g/mol. The first-order valence-electron chi connectivity index (χ1n) is 7.99. The van der Waals surface area contributed by atoms with Gasteiger partial charge in [-0.25, -0.2) is 0 Å². The molecule has 0 radical (unpaired) electrons. The quantitative estimate of drug-likeness (QED) is 0.675. The molecule has 0 saturated carbocycles. The zero-order chi connectivity index (χ0) is 17.4. The molecule has 25 heavy (non-hydrogen) atoms. The van der Waals surface area contributed by atoms with E-state index in [1.165, 1.54) is 9.75 Å². The highest BCUT2D eigenvalue weighted by Crippen LogP contribution is 2.43. The summed E-state index contributed by atoms with van der Waals surface area (Å²) >= 11 is 7.41. The Bertz CT molecular complexity index is 893. The molecule has 4 rings (SSSR count). The lowest BCUT2D eigenvalue weighted by Crippen LogP contribution is -2.28. The van der Waals surface area contributed by atoms with Gasteiger partial charge in [0.05, 0.1) is 17.8 Å². The van der Waals surface area contributed by atoms with E-state index in [0.717, 1.165) is 11.4 Å². The number of phenolic OH excluding ortho intramolecular Hbond substituents is 1. The van der Waals surface area contributed by atoms with E-state index in [1.54, 1.807) is 29.7 Å². The van der Waals surface area contributed by atoms with Crippen LogP contribution in [0.4, 0.5) is 5.69 Å². The first kappa shape index (κ1) is 16.1. The minimum atomic E-state index is -0.0273. The second-order valence-electron chi connectivity index (χ2n) is 5.96. The number of benzene rings is 1. The summed E-state index contributed by atoms with van der Waals surface area (Å²) in [4.78, 5) is 9.14. The molecular formula is C19H17N3OS2. The van der Waals surface area contributed by atoms with Gasteiger partial charge in [0.15, 0.2) is 5.11 Å². The molecule has 0 spiro atoms. The van der Waals surface area contributed by atoms with Crippen LogP contribution in [0.2, 0.25) is 0 Å². The molecule has 1 aromatic carbocycles. The maximum atomic E-state index is 9.61. The van der Waals surface area contributed by atoms with Crippen molar-refractivity contribution < 1.29 is 5.11 Å². The van der Waals surface area contributed by atoms with Gasteiger partial charge in [-0.15, -0.1) is 11.3 Å². The molecule has 2 aromatic heterocycles. The van der Waals surface area contributed by atoms with Gasteiger partial charge in [0.25, 0.3) is 0 Å². The fraction of sp³-hybridized carbons (Fsp3) is 0.158. The van der Waals surface area contributed by atoms with Crippen LogP contribution in [0.5, 0.6) is 5.75 Å². The van der Waals surface area contributed by atoms with Gasteiger partial charge in [0, 0.05) is 21.6 Å². The van der Waals surface area contributed by atoms with Crippen molar-refractivity contribution in [3.8, 4) is 5.75 Å². The molecule has 1 aliphatic rings. The van der Waals surface area contributed by atoms with Gasteiger partial charge in [-0.2, -0.15) is 0 Å². The molecule has 4 nitrogen and oxygen atoms in total. The third-order valence-corrected chi connectivity index (χ3v) is 5.66. The number of anilines is 1. The van der Waals surface area contributed by atoms with Crippen LogP contribution in [0.1, 0.15) is 27.5 Å². The van der Waals surface area contributed by atoms with Crippen LogP contribution in [-0.2, 0) is 0 Å². The van der Waals surface area contributed by atoms with Crippen molar-refractivity contribution in [2.24, 2.45) is 0 Å². The second kappa shape index (κ2) is 6.46. The predicted octanol–water partition coefficient (Wildman–Crippen LogP) is 4.33. The molecule has 0 aliphatic carbocycles. The summed E-state index contributed by atoms with van der Waals surface area (Å²) in [6, 6.07) is 17.3. The number of hydrogen-bond acceptors (Lipinski definition) is 4. The summed E-state index contributed by atoms with van der Waals surface area (Å²) in [6.45, 7) is 2.11. The van der Waals surface area contributed by atoms with Gasteiger partial charge in [0.2, 0.25) is 0 Å². The van der Waals surface area contributed by atoms with Gasteiger partial charge < -0.3 is 15.3 Å². The molecule has 126 valence electrons. The van der Waals surface area contributed by atoms with Crippen molar-refractivity contribution in [3.05, 3.63) is 76.2 Å². The van der Waals surface area contributed by atoms with E-state index in [-0.39, 0.29) is 17.8 Å². The Kier molecular flexibility index (Phi) is 4.15. The summed E-state index contributed by atoms with van der Waals surface area (Å²) in [5, 5.41) is 13.7. The fourth-order valence-electron chi connectivity index (χ4n) is 3.15. The third kappa shape index (κ3) is 2.99. The lowest BCUT2D eigenvalue weighted by atomic mass is 10.0. The van der Waals surface area contributed by atoms with E-state index in [1.807, 2.05) is 30.3 Å². The van der Waals surface area contributed by atoms with Crippen LogP contribution in [0, 0.1) is 6.92 Å². The SMILES string of the molecule is Cc1ccc([C@@H]2[C@H](c3ccccn3)NC(=S)N2c2ccc(O)cc2)s1. The first-order chi connectivity index (χ1) is 12.1. The summed E-state index contributed by atoms with van der Waals surface area (Å²) < 4.78 is 0. The van der Waals surface area contributed by atoms with Gasteiger partial charge in [-0.1, -0.05) is 6.07 Å². The number of aromatic nitrogens is 1. The van der Waals surface area contributed by atoms with Gasteiger partial charge >= 0.3 is 0 Å². The normalized spacial score (nSPS) is 19.9. The monoisotopic (exact) mass is 367 g/mol. The summed E-state index contributed by atoms with van der Waals surface area (Å²) in [5.74, 6) is 0.242. The average Bonchev–Trinajstić information content (AvgIpc) is 3.20. The van der Waals surface area contributed by atoms with Crippen molar-refractivity contribution in [2.45, 2.75) is 19.0 Å². The number of phenols is 1. The Labute approximate surface area is 155 Å². The molecule has 1 saturated heterocycles. The number of aryl methyl sites for hydroxylation is 1. The van der Waals surface area contributed by atoms with E-state index < -0.39 is 0 Å². The number of hydrogen-bond donors (Lipinski definition) is 2. The largest absolute Gasteiger partial charge is 0.508 e. The Morgan fingerprint density at radius 2 is 1.92 bits per heavy atom. The summed E-state index contributed by atoms with van der Waals surface area (Å²) in [6.07, 6.45) is 1.81. The summed E-state index contributed by atoms with van der Waals surface area (Å²) in [5.41, 5.74) is 1.91. The molecule has 0 amide bonds. The lowest BCUT2D eigenvalue weighted by molar-refractivity contribution is 0.475. The highest BCUT2D eigenvalue weighted by molar-refractivity contribution is 7.80. The maximum Gasteiger partial charge on any atom is 0.174 e. The molecule has 1 fully saturated rings. The highest BCUT2D eigenvalue weighted by atomic mass is 32.1. The maximum absolute atomic E-state index is 9.61. The average molecular weight is 367 g/mol. The van der Waals surface area contributed by atoms with Crippen molar-refractivity contribution in [1.29, 1.82) is 0 Å². The summed E-state index contributed by atoms with van der Waals surface area (Å²) in [7, 11) is 0. The zero-order valence-electron chi connectivity index (χ0n) is 13.6. The smallest absolute Gasteiger partial charge is 0.174 e. The molecule has 0 bridgehead atoms. The number of aromatic hydroxyl groups is 1.